The number of aromatic nitrogens is 5. The van der Waals surface area contributed by atoms with Crippen molar-refractivity contribution in [3.8, 4) is 12.0 Å². The molecule has 0 aliphatic carbocycles. The molecule has 3 aromatic rings. The van der Waals surface area contributed by atoms with Gasteiger partial charge in [-0.3, -0.25) is 4.79 Å². The van der Waals surface area contributed by atoms with E-state index in [1.165, 1.54) is 11.0 Å². The smallest absolute Gasteiger partial charge is 0.254 e. The van der Waals surface area contributed by atoms with Gasteiger partial charge in [-0.05, 0) is 31.2 Å². The van der Waals surface area contributed by atoms with E-state index in [0.29, 0.717) is 22.9 Å². The van der Waals surface area contributed by atoms with Gasteiger partial charge in [0, 0.05) is 25.0 Å². The van der Waals surface area contributed by atoms with Crippen LogP contribution in [0.25, 0.3) is 5.95 Å². The lowest BCUT2D eigenvalue weighted by Gasteiger charge is -2.24. The highest BCUT2D eigenvalue weighted by atomic mass is 16.2. The van der Waals surface area contributed by atoms with Crippen LogP contribution in [0.5, 0.6) is 0 Å². The van der Waals surface area contributed by atoms with Crippen molar-refractivity contribution in [1.82, 2.24) is 29.6 Å². The van der Waals surface area contributed by atoms with E-state index < -0.39 is 0 Å². The summed E-state index contributed by atoms with van der Waals surface area (Å²) in [5.74, 6) is 0.709. The van der Waals surface area contributed by atoms with Crippen molar-refractivity contribution < 1.29 is 4.79 Å². The lowest BCUT2D eigenvalue weighted by atomic mass is 10.1. The number of nitrogens with zero attached hydrogens (tertiary/aromatic N) is 7. The molecule has 0 bridgehead atoms. The molecule has 1 amide bonds. The van der Waals surface area contributed by atoms with Gasteiger partial charge >= 0.3 is 0 Å². The van der Waals surface area contributed by atoms with E-state index in [-0.39, 0.29) is 11.9 Å². The van der Waals surface area contributed by atoms with Crippen molar-refractivity contribution in [1.29, 1.82) is 5.26 Å². The number of carbonyl (C=O) groups is 1. The first-order valence-electron chi connectivity index (χ1n) is 7.56. The number of hydrogen-bond acceptors (Lipinski definition) is 6. The van der Waals surface area contributed by atoms with Crippen LogP contribution in [0, 0.1) is 11.3 Å². The zero-order valence-electron chi connectivity index (χ0n) is 13.7. The summed E-state index contributed by atoms with van der Waals surface area (Å²) in [6.45, 7) is 1.84. The molecule has 0 radical (unpaired) electrons. The highest BCUT2D eigenvalue weighted by Gasteiger charge is 2.24. The van der Waals surface area contributed by atoms with Crippen LogP contribution in [-0.2, 0) is 0 Å². The molecule has 1 aromatic carbocycles. The Balaban J connectivity index is 1.89. The van der Waals surface area contributed by atoms with Gasteiger partial charge < -0.3 is 4.90 Å². The van der Waals surface area contributed by atoms with E-state index in [0.717, 1.165) is 0 Å². The van der Waals surface area contributed by atoms with Crippen LogP contribution in [0.4, 0.5) is 0 Å². The van der Waals surface area contributed by atoms with Crippen molar-refractivity contribution in [2.24, 2.45) is 0 Å². The molecule has 1 atom stereocenters. The molecule has 8 heteroatoms. The average molecular weight is 333 g/mol. The predicted octanol–water partition coefficient (Wildman–Crippen LogP) is 1.76. The second-order valence-corrected chi connectivity index (χ2v) is 5.36. The maximum atomic E-state index is 12.7. The second kappa shape index (κ2) is 6.88. The maximum absolute atomic E-state index is 12.7. The molecule has 2 aromatic heterocycles. The molecule has 0 saturated heterocycles. The number of rotatable bonds is 4. The SMILES string of the molecule is CC(c1ncnn1-c1ncccn1)N(C)C(=O)c1cccc(C#N)c1. The minimum atomic E-state index is -0.371. The topological polar surface area (TPSA) is 101 Å². The number of benzene rings is 1. The van der Waals surface area contributed by atoms with Crippen LogP contribution in [0.1, 0.15) is 34.7 Å². The van der Waals surface area contributed by atoms with Gasteiger partial charge in [0.05, 0.1) is 17.7 Å². The second-order valence-electron chi connectivity index (χ2n) is 5.36. The molecule has 1 unspecified atom stereocenters. The molecular formula is C17H15N7O. The summed E-state index contributed by atoms with van der Waals surface area (Å²) in [5, 5.41) is 13.1. The number of carbonyl (C=O) groups excluding carboxylic acids is 1. The summed E-state index contributed by atoms with van der Waals surface area (Å²) in [4.78, 5) is 26.8. The Morgan fingerprint density at radius 3 is 2.72 bits per heavy atom. The van der Waals surface area contributed by atoms with Gasteiger partial charge in [0.2, 0.25) is 0 Å². The molecular weight excluding hydrogens is 318 g/mol. The fourth-order valence-corrected chi connectivity index (χ4v) is 2.36. The number of nitriles is 1. The van der Waals surface area contributed by atoms with Crippen molar-refractivity contribution in [2.75, 3.05) is 7.05 Å². The molecule has 2 heterocycles. The van der Waals surface area contributed by atoms with Gasteiger partial charge in [0.1, 0.15) is 6.33 Å². The maximum Gasteiger partial charge on any atom is 0.254 e. The van der Waals surface area contributed by atoms with E-state index in [1.54, 1.807) is 54.7 Å². The Bertz CT molecular complexity index is 929. The molecule has 8 nitrogen and oxygen atoms in total. The summed E-state index contributed by atoms with van der Waals surface area (Å²) in [6, 6.07) is 9.96. The lowest BCUT2D eigenvalue weighted by molar-refractivity contribution is 0.0735. The summed E-state index contributed by atoms with van der Waals surface area (Å²) >= 11 is 0. The summed E-state index contributed by atoms with van der Waals surface area (Å²) in [7, 11) is 1.68. The van der Waals surface area contributed by atoms with Gasteiger partial charge in [0.15, 0.2) is 5.82 Å². The third-order valence-electron chi connectivity index (χ3n) is 3.83. The van der Waals surface area contributed by atoms with Crippen LogP contribution in [-0.4, -0.2) is 42.6 Å². The van der Waals surface area contributed by atoms with E-state index >= 15 is 0 Å². The van der Waals surface area contributed by atoms with Crippen LogP contribution in [0.3, 0.4) is 0 Å². The third-order valence-corrected chi connectivity index (χ3v) is 3.83. The molecule has 0 fully saturated rings. The first-order valence-corrected chi connectivity index (χ1v) is 7.56. The normalized spacial score (nSPS) is 11.6. The minimum Gasteiger partial charge on any atom is -0.332 e. The third kappa shape index (κ3) is 3.21. The largest absolute Gasteiger partial charge is 0.332 e. The van der Waals surface area contributed by atoms with Crippen LogP contribution in [0.15, 0.2) is 49.1 Å². The van der Waals surface area contributed by atoms with Gasteiger partial charge in [0.25, 0.3) is 11.9 Å². The minimum absolute atomic E-state index is 0.215. The van der Waals surface area contributed by atoms with Crippen molar-refractivity contribution >= 4 is 5.91 Å². The Morgan fingerprint density at radius 2 is 2.00 bits per heavy atom. The highest BCUT2D eigenvalue weighted by molar-refractivity contribution is 5.94. The highest BCUT2D eigenvalue weighted by Crippen LogP contribution is 2.20. The molecule has 0 aliphatic rings. The number of amides is 1. The summed E-state index contributed by atoms with van der Waals surface area (Å²) < 4.78 is 1.50. The van der Waals surface area contributed by atoms with E-state index in [2.05, 4.69) is 20.1 Å². The molecule has 3 rings (SSSR count). The van der Waals surface area contributed by atoms with Gasteiger partial charge in [-0.1, -0.05) is 6.07 Å². The molecule has 0 spiro atoms. The first kappa shape index (κ1) is 16.3. The molecule has 25 heavy (non-hydrogen) atoms. The Labute approximate surface area is 144 Å². The average Bonchev–Trinajstić information content (AvgIpc) is 3.16. The zero-order valence-corrected chi connectivity index (χ0v) is 13.7. The standard InChI is InChI=1S/C17H15N7O/c1-12(15-21-11-22-24(15)17-19-7-4-8-20-17)23(2)16(25)14-6-3-5-13(9-14)10-18/h3-9,11-12H,1-2H3. The van der Waals surface area contributed by atoms with E-state index in [9.17, 15) is 4.79 Å². The van der Waals surface area contributed by atoms with Crippen LogP contribution < -0.4 is 0 Å². The fraction of sp³-hybridized carbons (Fsp3) is 0.176. The van der Waals surface area contributed by atoms with Gasteiger partial charge in [-0.2, -0.15) is 15.0 Å². The van der Waals surface area contributed by atoms with Crippen molar-refractivity contribution in [3.05, 3.63) is 66.0 Å². The Kier molecular flexibility index (Phi) is 4.48. The predicted molar refractivity (Wildman–Crippen MR) is 88.6 cm³/mol. The van der Waals surface area contributed by atoms with Gasteiger partial charge in [-0.15, -0.1) is 0 Å². The van der Waals surface area contributed by atoms with Crippen LogP contribution in [0.2, 0.25) is 0 Å². The first-order chi connectivity index (χ1) is 12.1. The van der Waals surface area contributed by atoms with E-state index in [4.69, 9.17) is 5.26 Å². The van der Waals surface area contributed by atoms with E-state index in [1.807, 2.05) is 13.0 Å². The quantitative estimate of drug-likeness (QED) is 0.721. The summed E-state index contributed by atoms with van der Waals surface area (Å²) in [5.41, 5.74) is 0.878. The Hall–Kier alpha value is -3.60. The lowest BCUT2D eigenvalue weighted by Crippen LogP contribution is -2.31. The van der Waals surface area contributed by atoms with Crippen molar-refractivity contribution in [2.45, 2.75) is 13.0 Å². The monoisotopic (exact) mass is 333 g/mol. The van der Waals surface area contributed by atoms with Gasteiger partial charge in [-0.25, -0.2) is 15.0 Å². The fourth-order valence-electron chi connectivity index (χ4n) is 2.36. The molecule has 124 valence electrons. The molecule has 0 saturated carbocycles. The summed E-state index contributed by atoms with van der Waals surface area (Å²) in [6.07, 6.45) is 4.62. The van der Waals surface area contributed by atoms with Crippen molar-refractivity contribution in [3.63, 3.8) is 0 Å². The molecule has 0 N–H and O–H groups in total. The number of hydrogen-bond donors (Lipinski definition) is 0. The molecule has 0 aliphatic heterocycles. The Morgan fingerprint density at radius 1 is 1.24 bits per heavy atom. The zero-order chi connectivity index (χ0) is 17.8. The van der Waals surface area contributed by atoms with Crippen LogP contribution >= 0.6 is 0 Å².